The lowest BCUT2D eigenvalue weighted by molar-refractivity contribution is -0.919. The van der Waals surface area contributed by atoms with Crippen LogP contribution in [0.5, 0.6) is 0 Å². The molecule has 0 bridgehead atoms. The topological polar surface area (TPSA) is 30.7 Å². The van der Waals surface area contributed by atoms with Crippen molar-refractivity contribution >= 4 is 16.7 Å². The number of ether oxygens (including phenoxy) is 1. The number of esters is 1. The van der Waals surface area contributed by atoms with E-state index in [9.17, 15) is 4.79 Å². The predicted octanol–water partition coefficient (Wildman–Crippen LogP) is 2.20. The Morgan fingerprint density at radius 1 is 1.14 bits per heavy atom. The van der Waals surface area contributed by atoms with E-state index in [0.717, 1.165) is 32.5 Å². The molecule has 3 heteroatoms. The van der Waals surface area contributed by atoms with E-state index in [2.05, 4.69) is 42.5 Å². The first-order valence-electron chi connectivity index (χ1n) is 8.24. The van der Waals surface area contributed by atoms with E-state index in [1.54, 1.807) is 4.90 Å². The maximum absolute atomic E-state index is 11.8. The van der Waals surface area contributed by atoms with Crippen molar-refractivity contribution in [1.29, 1.82) is 0 Å². The number of piperidine rings is 1. The van der Waals surface area contributed by atoms with Gasteiger partial charge < -0.3 is 9.64 Å². The standard InChI is InChI=1S/C19H23NO2/c1-2-22-19(21)17-9-11-20(12-10-17)14-15-7-8-16-5-3-4-6-18(16)13-15/h3-8,13,17H,2,9-12,14H2,1H3/p+1. The van der Waals surface area contributed by atoms with Crippen molar-refractivity contribution in [1.82, 2.24) is 0 Å². The largest absolute Gasteiger partial charge is 0.466 e. The summed E-state index contributed by atoms with van der Waals surface area (Å²) in [4.78, 5) is 13.3. The Hall–Kier alpha value is -1.87. The average molecular weight is 298 g/mol. The quantitative estimate of drug-likeness (QED) is 0.877. The third-order valence-corrected chi connectivity index (χ3v) is 4.58. The Kier molecular flexibility index (Phi) is 4.74. The summed E-state index contributed by atoms with van der Waals surface area (Å²) in [6.07, 6.45) is 1.89. The van der Waals surface area contributed by atoms with Crippen LogP contribution in [0.3, 0.4) is 0 Å². The van der Waals surface area contributed by atoms with E-state index in [-0.39, 0.29) is 11.9 Å². The summed E-state index contributed by atoms with van der Waals surface area (Å²) in [6.45, 7) is 5.51. The van der Waals surface area contributed by atoms with Gasteiger partial charge in [-0.3, -0.25) is 4.79 Å². The van der Waals surface area contributed by atoms with E-state index in [4.69, 9.17) is 4.74 Å². The Labute approximate surface area is 131 Å². The molecule has 1 fully saturated rings. The van der Waals surface area contributed by atoms with Crippen LogP contribution < -0.4 is 4.90 Å². The summed E-state index contributed by atoms with van der Waals surface area (Å²) < 4.78 is 5.13. The van der Waals surface area contributed by atoms with Gasteiger partial charge >= 0.3 is 5.97 Å². The number of nitrogens with one attached hydrogen (secondary N) is 1. The van der Waals surface area contributed by atoms with Gasteiger partial charge in [-0.25, -0.2) is 0 Å². The molecule has 1 saturated heterocycles. The zero-order valence-electron chi connectivity index (χ0n) is 13.2. The van der Waals surface area contributed by atoms with E-state index in [1.807, 2.05) is 6.92 Å². The van der Waals surface area contributed by atoms with Crippen LogP contribution in [0.15, 0.2) is 42.5 Å². The first kappa shape index (κ1) is 15.0. The number of benzene rings is 2. The number of rotatable bonds is 4. The minimum absolute atomic E-state index is 0.00717. The minimum Gasteiger partial charge on any atom is -0.466 e. The fourth-order valence-electron chi connectivity index (χ4n) is 3.34. The third-order valence-electron chi connectivity index (χ3n) is 4.58. The van der Waals surface area contributed by atoms with E-state index in [1.165, 1.54) is 16.3 Å². The minimum atomic E-state index is -0.00717. The van der Waals surface area contributed by atoms with Crippen molar-refractivity contribution in [3.63, 3.8) is 0 Å². The highest BCUT2D eigenvalue weighted by molar-refractivity contribution is 5.82. The summed E-state index contributed by atoms with van der Waals surface area (Å²) in [6, 6.07) is 15.2. The molecular weight excluding hydrogens is 274 g/mol. The molecule has 1 heterocycles. The van der Waals surface area contributed by atoms with Crippen LogP contribution in [-0.2, 0) is 16.1 Å². The van der Waals surface area contributed by atoms with Crippen LogP contribution in [0, 0.1) is 5.92 Å². The molecule has 0 radical (unpaired) electrons. The van der Waals surface area contributed by atoms with E-state index >= 15 is 0 Å². The van der Waals surface area contributed by atoms with Crippen LogP contribution in [0.25, 0.3) is 10.8 Å². The fourth-order valence-corrected chi connectivity index (χ4v) is 3.34. The SMILES string of the molecule is CCOC(=O)C1CC[NH+](Cc2ccc3ccccc3c2)CC1. The highest BCUT2D eigenvalue weighted by Gasteiger charge is 2.28. The highest BCUT2D eigenvalue weighted by atomic mass is 16.5. The Bertz CT molecular complexity index is 645. The monoisotopic (exact) mass is 298 g/mol. The van der Waals surface area contributed by atoms with Crippen molar-refractivity contribution in [2.75, 3.05) is 19.7 Å². The third kappa shape index (κ3) is 3.47. The van der Waals surface area contributed by atoms with Gasteiger partial charge in [0.25, 0.3) is 0 Å². The Balaban J connectivity index is 1.58. The molecule has 3 nitrogen and oxygen atoms in total. The Morgan fingerprint density at radius 3 is 2.59 bits per heavy atom. The molecule has 22 heavy (non-hydrogen) atoms. The predicted molar refractivity (Wildman–Crippen MR) is 87.7 cm³/mol. The smallest absolute Gasteiger partial charge is 0.309 e. The molecule has 0 amide bonds. The number of fused-ring (bicyclic) bond motifs is 1. The molecule has 1 aliphatic heterocycles. The van der Waals surface area contributed by atoms with Gasteiger partial charge in [0.05, 0.1) is 25.6 Å². The van der Waals surface area contributed by atoms with Crippen molar-refractivity contribution in [2.24, 2.45) is 5.92 Å². The van der Waals surface area contributed by atoms with Gasteiger partial charge in [-0.15, -0.1) is 0 Å². The number of likely N-dealkylation sites (tertiary alicyclic amines) is 1. The normalized spacial score (nSPS) is 21.7. The lowest BCUT2D eigenvalue weighted by atomic mass is 9.96. The van der Waals surface area contributed by atoms with Gasteiger partial charge in [0.15, 0.2) is 0 Å². The second-order valence-corrected chi connectivity index (χ2v) is 6.13. The maximum atomic E-state index is 11.8. The summed E-state index contributed by atoms with van der Waals surface area (Å²) >= 11 is 0. The maximum Gasteiger partial charge on any atom is 0.309 e. The molecule has 0 atom stereocenters. The zero-order valence-corrected chi connectivity index (χ0v) is 13.2. The average Bonchev–Trinajstić information content (AvgIpc) is 2.56. The van der Waals surface area contributed by atoms with Crippen LogP contribution in [0.2, 0.25) is 0 Å². The van der Waals surface area contributed by atoms with Crippen molar-refractivity contribution in [2.45, 2.75) is 26.3 Å². The molecule has 116 valence electrons. The number of carbonyl (C=O) groups excluding carboxylic acids is 1. The molecule has 0 aliphatic carbocycles. The number of quaternary nitrogens is 1. The molecule has 0 spiro atoms. The summed E-state index contributed by atoms with van der Waals surface area (Å²) in [5.74, 6) is 0.104. The Morgan fingerprint density at radius 2 is 1.86 bits per heavy atom. The highest BCUT2D eigenvalue weighted by Crippen LogP contribution is 2.16. The molecule has 2 aromatic carbocycles. The number of hydrogen-bond donors (Lipinski definition) is 1. The molecule has 0 saturated carbocycles. The summed E-state index contributed by atoms with van der Waals surface area (Å²) in [7, 11) is 0. The van der Waals surface area contributed by atoms with Crippen molar-refractivity contribution < 1.29 is 14.4 Å². The fraction of sp³-hybridized carbons (Fsp3) is 0.421. The number of carbonyl (C=O) groups is 1. The summed E-state index contributed by atoms with van der Waals surface area (Å²) in [5, 5.41) is 2.60. The van der Waals surface area contributed by atoms with Crippen molar-refractivity contribution in [3.8, 4) is 0 Å². The molecule has 0 aromatic heterocycles. The number of hydrogen-bond acceptors (Lipinski definition) is 2. The molecule has 2 aromatic rings. The lowest BCUT2D eigenvalue weighted by Gasteiger charge is -2.28. The summed E-state index contributed by atoms with van der Waals surface area (Å²) in [5.41, 5.74) is 1.38. The van der Waals surface area contributed by atoms with Gasteiger partial charge in [-0.05, 0) is 23.8 Å². The van der Waals surface area contributed by atoms with Crippen molar-refractivity contribution in [3.05, 3.63) is 48.0 Å². The molecule has 1 N–H and O–H groups in total. The van der Waals surface area contributed by atoms with Crippen LogP contribution >= 0.6 is 0 Å². The lowest BCUT2D eigenvalue weighted by Crippen LogP contribution is -3.11. The van der Waals surface area contributed by atoms with Crippen LogP contribution in [0.4, 0.5) is 0 Å². The van der Waals surface area contributed by atoms with Gasteiger partial charge in [-0.2, -0.15) is 0 Å². The first-order valence-corrected chi connectivity index (χ1v) is 8.24. The van der Waals surface area contributed by atoms with Gasteiger partial charge in [-0.1, -0.05) is 36.4 Å². The van der Waals surface area contributed by atoms with Gasteiger partial charge in [0.2, 0.25) is 0 Å². The molecule has 0 unspecified atom stereocenters. The van der Waals surface area contributed by atoms with Gasteiger partial charge in [0, 0.05) is 18.4 Å². The molecule has 1 aliphatic rings. The van der Waals surface area contributed by atoms with Gasteiger partial charge in [0.1, 0.15) is 6.54 Å². The van der Waals surface area contributed by atoms with Crippen LogP contribution in [0.1, 0.15) is 25.3 Å². The zero-order chi connectivity index (χ0) is 15.4. The second kappa shape index (κ2) is 6.93. The second-order valence-electron chi connectivity index (χ2n) is 6.13. The first-order chi connectivity index (χ1) is 10.8. The molecule has 3 rings (SSSR count). The van der Waals surface area contributed by atoms with E-state index < -0.39 is 0 Å². The van der Waals surface area contributed by atoms with E-state index in [0.29, 0.717) is 6.61 Å². The van der Waals surface area contributed by atoms with Crippen LogP contribution in [-0.4, -0.2) is 25.7 Å². The molecular formula is C19H24NO2+.